The van der Waals surface area contributed by atoms with Crippen LogP contribution in [0.3, 0.4) is 0 Å². The molecule has 1 heterocycles. The Hall–Kier alpha value is -0.0600. The molecule has 0 fully saturated rings. The van der Waals surface area contributed by atoms with Crippen molar-refractivity contribution in [2.24, 2.45) is 5.73 Å². The number of thioether (sulfide) groups is 1. The van der Waals surface area contributed by atoms with Crippen molar-refractivity contribution >= 4 is 27.7 Å². The molecule has 2 N–H and O–H groups in total. The van der Waals surface area contributed by atoms with Gasteiger partial charge in [0.05, 0.1) is 0 Å². The van der Waals surface area contributed by atoms with E-state index >= 15 is 0 Å². The van der Waals surface area contributed by atoms with Crippen LogP contribution in [0.2, 0.25) is 0 Å². The standard InChI is InChI=1S/C11H13BrFNS/c1-2-10-11(14)7-3-6(12)4-9(13)8(7)5-15-10/h3-4,10-11H,2,5,14H2,1H3. The third-order valence-electron chi connectivity index (χ3n) is 2.80. The van der Waals surface area contributed by atoms with Gasteiger partial charge in [-0.05, 0) is 24.1 Å². The average molecular weight is 290 g/mol. The number of rotatable bonds is 1. The molecule has 15 heavy (non-hydrogen) atoms. The molecule has 2 unspecified atom stereocenters. The highest BCUT2D eigenvalue weighted by Gasteiger charge is 2.28. The van der Waals surface area contributed by atoms with Crippen LogP contribution in [0.25, 0.3) is 0 Å². The molecular weight excluding hydrogens is 277 g/mol. The Labute approximate surface area is 102 Å². The number of benzene rings is 1. The van der Waals surface area contributed by atoms with Gasteiger partial charge in [0.25, 0.3) is 0 Å². The first-order valence-electron chi connectivity index (χ1n) is 4.98. The van der Waals surface area contributed by atoms with Gasteiger partial charge in [-0.1, -0.05) is 22.9 Å². The topological polar surface area (TPSA) is 26.0 Å². The van der Waals surface area contributed by atoms with Crippen LogP contribution in [0.5, 0.6) is 0 Å². The van der Waals surface area contributed by atoms with Crippen molar-refractivity contribution in [1.82, 2.24) is 0 Å². The third-order valence-corrected chi connectivity index (χ3v) is 4.77. The van der Waals surface area contributed by atoms with E-state index < -0.39 is 0 Å². The fourth-order valence-electron chi connectivity index (χ4n) is 1.94. The molecule has 1 aromatic carbocycles. The summed E-state index contributed by atoms with van der Waals surface area (Å²) in [6.45, 7) is 2.12. The van der Waals surface area contributed by atoms with E-state index in [4.69, 9.17) is 5.73 Å². The zero-order chi connectivity index (χ0) is 11.0. The normalized spacial score (nSPS) is 25.1. The second-order valence-electron chi connectivity index (χ2n) is 3.74. The van der Waals surface area contributed by atoms with Crippen molar-refractivity contribution < 1.29 is 4.39 Å². The van der Waals surface area contributed by atoms with E-state index in [0.717, 1.165) is 27.8 Å². The highest BCUT2D eigenvalue weighted by molar-refractivity contribution is 9.10. The van der Waals surface area contributed by atoms with E-state index in [9.17, 15) is 4.39 Å². The van der Waals surface area contributed by atoms with Crippen molar-refractivity contribution in [3.63, 3.8) is 0 Å². The highest BCUT2D eigenvalue weighted by atomic mass is 79.9. The van der Waals surface area contributed by atoms with Gasteiger partial charge in [-0.3, -0.25) is 0 Å². The fraction of sp³-hybridized carbons (Fsp3) is 0.455. The largest absolute Gasteiger partial charge is 0.323 e. The molecule has 0 saturated heterocycles. The zero-order valence-electron chi connectivity index (χ0n) is 8.47. The molecule has 0 aliphatic carbocycles. The summed E-state index contributed by atoms with van der Waals surface area (Å²) >= 11 is 5.06. The van der Waals surface area contributed by atoms with Crippen LogP contribution in [-0.2, 0) is 5.75 Å². The summed E-state index contributed by atoms with van der Waals surface area (Å²) in [5.41, 5.74) is 7.87. The lowest BCUT2D eigenvalue weighted by Gasteiger charge is -2.30. The monoisotopic (exact) mass is 289 g/mol. The molecule has 82 valence electrons. The SMILES string of the molecule is CCC1SCc2c(F)cc(Br)cc2C1N. The van der Waals surface area contributed by atoms with Crippen molar-refractivity contribution in [2.75, 3.05) is 0 Å². The van der Waals surface area contributed by atoms with E-state index in [0.29, 0.717) is 5.25 Å². The van der Waals surface area contributed by atoms with Gasteiger partial charge in [0.15, 0.2) is 0 Å². The van der Waals surface area contributed by atoms with E-state index in [1.165, 1.54) is 6.07 Å². The Morgan fingerprint density at radius 1 is 1.60 bits per heavy atom. The summed E-state index contributed by atoms with van der Waals surface area (Å²) in [6, 6.07) is 3.42. The summed E-state index contributed by atoms with van der Waals surface area (Å²) in [4.78, 5) is 0. The second kappa shape index (κ2) is 4.44. The number of hydrogen-bond donors (Lipinski definition) is 1. The zero-order valence-corrected chi connectivity index (χ0v) is 10.9. The Bertz CT molecular complexity index is 383. The Morgan fingerprint density at radius 2 is 2.33 bits per heavy atom. The van der Waals surface area contributed by atoms with E-state index in [2.05, 4.69) is 22.9 Å². The predicted molar refractivity (Wildman–Crippen MR) is 66.4 cm³/mol. The van der Waals surface area contributed by atoms with Gasteiger partial charge in [-0.25, -0.2) is 4.39 Å². The lowest BCUT2D eigenvalue weighted by molar-refractivity contribution is 0.589. The van der Waals surface area contributed by atoms with E-state index in [1.807, 2.05) is 6.07 Å². The molecule has 2 rings (SSSR count). The molecule has 0 spiro atoms. The van der Waals surface area contributed by atoms with Gasteiger partial charge in [0.1, 0.15) is 5.82 Å². The lowest BCUT2D eigenvalue weighted by Crippen LogP contribution is -2.28. The minimum Gasteiger partial charge on any atom is -0.323 e. The van der Waals surface area contributed by atoms with Crippen molar-refractivity contribution in [3.8, 4) is 0 Å². The summed E-state index contributed by atoms with van der Waals surface area (Å²) in [5.74, 6) is 0.595. The van der Waals surface area contributed by atoms with Gasteiger partial charge in [-0.2, -0.15) is 11.8 Å². The van der Waals surface area contributed by atoms with Gasteiger partial charge in [0, 0.05) is 27.1 Å². The summed E-state index contributed by atoms with van der Waals surface area (Å²) in [6.07, 6.45) is 1.03. The smallest absolute Gasteiger partial charge is 0.128 e. The number of nitrogens with two attached hydrogens (primary N) is 1. The second-order valence-corrected chi connectivity index (χ2v) is 5.88. The number of fused-ring (bicyclic) bond motifs is 1. The molecule has 4 heteroatoms. The Kier molecular flexibility index (Phi) is 3.38. The van der Waals surface area contributed by atoms with Gasteiger partial charge < -0.3 is 5.73 Å². The maximum absolute atomic E-state index is 13.6. The molecular formula is C11H13BrFNS. The molecule has 0 amide bonds. The molecule has 2 atom stereocenters. The van der Waals surface area contributed by atoms with Gasteiger partial charge in [0.2, 0.25) is 0 Å². The molecule has 0 aromatic heterocycles. The van der Waals surface area contributed by atoms with Gasteiger partial charge in [-0.15, -0.1) is 0 Å². The van der Waals surface area contributed by atoms with Crippen molar-refractivity contribution in [2.45, 2.75) is 30.4 Å². The van der Waals surface area contributed by atoms with Crippen LogP contribution in [-0.4, -0.2) is 5.25 Å². The maximum atomic E-state index is 13.6. The average Bonchev–Trinajstić information content (AvgIpc) is 2.19. The van der Waals surface area contributed by atoms with Crippen molar-refractivity contribution in [3.05, 3.63) is 33.5 Å². The molecule has 1 aromatic rings. The van der Waals surface area contributed by atoms with Crippen LogP contribution >= 0.6 is 27.7 Å². The lowest BCUT2D eigenvalue weighted by atomic mass is 9.97. The van der Waals surface area contributed by atoms with E-state index in [-0.39, 0.29) is 11.9 Å². The fourth-order valence-corrected chi connectivity index (χ4v) is 3.66. The molecule has 0 saturated carbocycles. The molecule has 0 bridgehead atoms. The first-order chi connectivity index (χ1) is 7.13. The van der Waals surface area contributed by atoms with Gasteiger partial charge >= 0.3 is 0 Å². The van der Waals surface area contributed by atoms with Crippen LogP contribution in [0.15, 0.2) is 16.6 Å². The molecule has 0 radical (unpaired) electrons. The molecule has 1 aliphatic heterocycles. The van der Waals surface area contributed by atoms with E-state index in [1.54, 1.807) is 11.8 Å². The molecule has 1 aliphatic rings. The first-order valence-corrected chi connectivity index (χ1v) is 6.82. The summed E-state index contributed by atoms with van der Waals surface area (Å²) in [7, 11) is 0. The molecule has 1 nitrogen and oxygen atoms in total. The van der Waals surface area contributed by atoms with Crippen molar-refractivity contribution in [1.29, 1.82) is 0 Å². The number of hydrogen-bond acceptors (Lipinski definition) is 2. The summed E-state index contributed by atoms with van der Waals surface area (Å²) < 4.78 is 14.4. The quantitative estimate of drug-likeness (QED) is 0.855. The minimum absolute atomic E-state index is 0.0456. The Balaban J connectivity index is 2.46. The third kappa shape index (κ3) is 2.08. The number of halogens is 2. The summed E-state index contributed by atoms with van der Waals surface area (Å²) in [5, 5.41) is 0.409. The predicted octanol–water partition coefficient (Wildman–Crippen LogP) is 3.61. The maximum Gasteiger partial charge on any atom is 0.128 e. The van der Waals surface area contributed by atoms with Crippen LogP contribution in [0, 0.1) is 5.82 Å². The highest BCUT2D eigenvalue weighted by Crippen LogP contribution is 2.39. The van der Waals surface area contributed by atoms with Crippen LogP contribution in [0.1, 0.15) is 30.5 Å². The first kappa shape index (κ1) is 11.4. The Morgan fingerprint density at radius 3 is 3.00 bits per heavy atom. The van der Waals surface area contributed by atoms with Crippen LogP contribution in [0.4, 0.5) is 4.39 Å². The minimum atomic E-state index is -0.142. The van der Waals surface area contributed by atoms with Crippen LogP contribution < -0.4 is 5.73 Å².